The molecule has 1 saturated carbocycles. The Morgan fingerprint density at radius 1 is 1.19 bits per heavy atom. The Morgan fingerprint density at radius 3 is 2.52 bits per heavy atom. The molecule has 1 aliphatic rings. The lowest BCUT2D eigenvalue weighted by atomic mass is 9.84. The van der Waals surface area contributed by atoms with Crippen molar-refractivity contribution in [1.82, 2.24) is 15.1 Å². The van der Waals surface area contributed by atoms with Crippen molar-refractivity contribution >= 4 is 15.9 Å². The first-order valence-electron chi connectivity index (χ1n) is 8.59. The molecular formula is C17H30BrN3. The quantitative estimate of drug-likeness (QED) is 0.775. The van der Waals surface area contributed by atoms with Gasteiger partial charge in [-0.2, -0.15) is 5.10 Å². The van der Waals surface area contributed by atoms with Gasteiger partial charge in [-0.1, -0.05) is 26.2 Å². The molecule has 1 aromatic rings. The first kappa shape index (κ1) is 17.0. The van der Waals surface area contributed by atoms with Gasteiger partial charge in [-0.15, -0.1) is 0 Å². The van der Waals surface area contributed by atoms with E-state index in [9.17, 15) is 0 Å². The molecule has 4 heteroatoms. The Balaban J connectivity index is 2.19. The predicted octanol–water partition coefficient (Wildman–Crippen LogP) is 4.19. The number of nitrogens with zero attached hydrogens (tertiary/aromatic N) is 2. The van der Waals surface area contributed by atoms with Gasteiger partial charge in [0.1, 0.15) is 0 Å². The molecule has 0 aromatic carbocycles. The lowest BCUT2D eigenvalue weighted by Crippen LogP contribution is -2.27. The summed E-state index contributed by atoms with van der Waals surface area (Å²) in [5, 5.41) is 8.17. The molecule has 0 amide bonds. The molecule has 1 N–H and O–H groups in total. The molecule has 120 valence electrons. The Morgan fingerprint density at radius 2 is 1.90 bits per heavy atom. The van der Waals surface area contributed by atoms with Crippen LogP contribution in [0.3, 0.4) is 0 Å². The third-order valence-electron chi connectivity index (χ3n) is 4.93. The summed E-state index contributed by atoms with van der Waals surface area (Å²) in [7, 11) is 2.09. The fourth-order valence-corrected chi connectivity index (χ4v) is 4.45. The molecule has 1 aromatic heterocycles. The first-order valence-corrected chi connectivity index (χ1v) is 9.39. The van der Waals surface area contributed by atoms with Crippen LogP contribution in [-0.4, -0.2) is 23.4 Å². The minimum Gasteiger partial charge on any atom is -0.319 e. The van der Waals surface area contributed by atoms with E-state index >= 15 is 0 Å². The maximum absolute atomic E-state index is 4.76. The zero-order chi connectivity index (χ0) is 15.2. The van der Waals surface area contributed by atoms with E-state index in [1.54, 1.807) is 0 Å². The molecule has 0 radical (unpaired) electrons. The molecule has 1 heterocycles. The molecule has 2 unspecified atom stereocenters. The van der Waals surface area contributed by atoms with Crippen molar-refractivity contribution in [3.63, 3.8) is 0 Å². The standard InChI is InChI=1S/C17H30BrN3/c1-4-15-17(18)16(21(5-2)20-15)11-13-9-7-6-8-10-14(13)12-19-3/h13-14,19H,4-12H2,1-3H3. The second-order valence-electron chi connectivity index (χ2n) is 6.30. The minimum absolute atomic E-state index is 0.794. The van der Waals surface area contributed by atoms with Crippen LogP contribution in [0.5, 0.6) is 0 Å². The Hall–Kier alpha value is -0.350. The number of hydrogen-bond donors (Lipinski definition) is 1. The highest BCUT2D eigenvalue weighted by atomic mass is 79.9. The fraction of sp³-hybridized carbons (Fsp3) is 0.824. The highest BCUT2D eigenvalue weighted by Crippen LogP contribution is 2.34. The smallest absolute Gasteiger partial charge is 0.0766 e. The van der Waals surface area contributed by atoms with E-state index in [4.69, 9.17) is 5.10 Å². The maximum Gasteiger partial charge on any atom is 0.0766 e. The maximum atomic E-state index is 4.76. The highest BCUT2D eigenvalue weighted by molar-refractivity contribution is 9.10. The summed E-state index contributed by atoms with van der Waals surface area (Å²) in [6.07, 6.45) is 9.13. The van der Waals surface area contributed by atoms with Crippen LogP contribution in [-0.2, 0) is 19.4 Å². The number of halogens is 1. The van der Waals surface area contributed by atoms with Gasteiger partial charge in [0.25, 0.3) is 0 Å². The van der Waals surface area contributed by atoms with Gasteiger partial charge >= 0.3 is 0 Å². The van der Waals surface area contributed by atoms with E-state index < -0.39 is 0 Å². The largest absolute Gasteiger partial charge is 0.319 e. The molecule has 2 rings (SSSR count). The molecule has 0 bridgehead atoms. The summed E-state index contributed by atoms with van der Waals surface area (Å²) in [6.45, 7) is 6.51. The van der Waals surface area contributed by atoms with Gasteiger partial charge in [-0.25, -0.2) is 0 Å². The molecule has 2 atom stereocenters. The Labute approximate surface area is 138 Å². The van der Waals surface area contributed by atoms with Crippen LogP contribution in [0.2, 0.25) is 0 Å². The summed E-state index contributed by atoms with van der Waals surface area (Å²) in [6, 6.07) is 0. The van der Waals surface area contributed by atoms with Crippen molar-refractivity contribution in [3.05, 3.63) is 15.9 Å². The van der Waals surface area contributed by atoms with Gasteiger partial charge in [0.15, 0.2) is 0 Å². The highest BCUT2D eigenvalue weighted by Gasteiger charge is 2.26. The predicted molar refractivity (Wildman–Crippen MR) is 92.7 cm³/mol. The molecule has 1 aliphatic carbocycles. The van der Waals surface area contributed by atoms with Gasteiger partial charge in [-0.3, -0.25) is 4.68 Å². The number of hydrogen-bond acceptors (Lipinski definition) is 2. The molecule has 21 heavy (non-hydrogen) atoms. The van der Waals surface area contributed by atoms with Gasteiger partial charge in [0, 0.05) is 6.54 Å². The van der Waals surface area contributed by atoms with Crippen LogP contribution in [0.25, 0.3) is 0 Å². The van der Waals surface area contributed by atoms with E-state index in [2.05, 4.69) is 46.8 Å². The second kappa shape index (κ2) is 8.33. The number of aromatic nitrogens is 2. The Bertz CT molecular complexity index is 441. The molecule has 3 nitrogen and oxygen atoms in total. The van der Waals surface area contributed by atoms with Crippen LogP contribution < -0.4 is 5.32 Å². The number of nitrogens with one attached hydrogen (secondary N) is 1. The summed E-state index contributed by atoms with van der Waals surface area (Å²) >= 11 is 3.81. The van der Waals surface area contributed by atoms with Gasteiger partial charge in [-0.05, 0) is 74.0 Å². The van der Waals surface area contributed by atoms with E-state index in [-0.39, 0.29) is 0 Å². The minimum atomic E-state index is 0.794. The normalized spacial score (nSPS) is 23.2. The van der Waals surface area contributed by atoms with Crippen molar-refractivity contribution < 1.29 is 0 Å². The summed E-state index contributed by atoms with van der Waals surface area (Å²) < 4.78 is 3.48. The zero-order valence-corrected chi connectivity index (χ0v) is 15.4. The van der Waals surface area contributed by atoms with Crippen LogP contribution >= 0.6 is 15.9 Å². The molecule has 0 aliphatic heterocycles. The lowest BCUT2D eigenvalue weighted by molar-refractivity contribution is 0.298. The van der Waals surface area contributed by atoms with Crippen LogP contribution in [0.4, 0.5) is 0 Å². The van der Waals surface area contributed by atoms with E-state index in [0.29, 0.717) is 0 Å². The monoisotopic (exact) mass is 355 g/mol. The van der Waals surface area contributed by atoms with E-state index in [1.165, 1.54) is 54.4 Å². The fourth-order valence-electron chi connectivity index (χ4n) is 3.72. The summed E-state index contributed by atoms with van der Waals surface area (Å²) in [5.41, 5.74) is 2.63. The Kier molecular flexibility index (Phi) is 6.74. The van der Waals surface area contributed by atoms with Crippen LogP contribution in [0, 0.1) is 11.8 Å². The van der Waals surface area contributed by atoms with Crippen LogP contribution in [0.1, 0.15) is 57.3 Å². The van der Waals surface area contributed by atoms with Crippen molar-refractivity contribution in [1.29, 1.82) is 0 Å². The third-order valence-corrected chi connectivity index (χ3v) is 5.85. The van der Waals surface area contributed by atoms with Crippen molar-refractivity contribution in [2.45, 2.75) is 65.3 Å². The molecule has 1 fully saturated rings. The second-order valence-corrected chi connectivity index (χ2v) is 7.09. The topological polar surface area (TPSA) is 29.9 Å². The van der Waals surface area contributed by atoms with Gasteiger partial charge in [0.2, 0.25) is 0 Å². The lowest BCUT2D eigenvalue weighted by Gasteiger charge is -2.25. The third kappa shape index (κ3) is 4.10. The molecule has 0 spiro atoms. The van der Waals surface area contributed by atoms with Crippen LogP contribution in [0.15, 0.2) is 4.47 Å². The number of aryl methyl sites for hydroxylation is 2. The van der Waals surface area contributed by atoms with Crippen molar-refractivity contribution in [3.8, 4) is 0 Å². The van der Waals surface area contributed by atoms with E-state index in [0.717, 1.165) is 31.3 Å². The van der Waals surface area contributed by atoms with Crippen molar-refractivity contribution in [2.75, 3.05) is 13.6 Å². The SMILES string of the molecule is CCc1nn(CC)c(CC2CCCCCC2CNC)c1Br. The van der Waals surface area contributed by atoms with Gasteiger partial charge in [0.05, 0.1) is 15.9 Å². The number of rotatable bonds is 6. The van der Waals surface area contributed by atoms with Crippen molar-refractivity contribution in [2.24, 2.45) is 11.8 Å². The first-order chi connectivity index (χ1) is 10.2. The average Bonchev–Trinajstić information content (AvgIpc) is 2.65. The molecular weight excluding hydrogens is 326 g/mol. The van der Waals surface area contributed by atoms with E-state index in [1.807, 2.05) is 0 Å². The summed E-state index contributed by atoms with van der Waals surface area (Å²) in [5.74, 6) is 1.61. The van der Waals surface area contributed by atoms with Gasteiger partial charge < -0.3 is 5.32 Å². The summed E-state index contributed by atoms with van der Waals surface area (Å²) in [4.78, 5) is 0. The zero-order valence-electron chi connectivity index (χ0n) is 13.8. The average molecular weight is 356 g/mol. The molecule has 0 saturated heterocycles.